The SMILES string of the molecule is CCN1CCC(Cc2nnc3cccc(OC)n23)C1. The molecule has 0 bridgehead atoms. The molecule has 0 radical (unpaired) electrons. The first-order valence-electron chi connectivity index (χ1n) is 6.91. The molecule has 2 aromatic heterocycles. The van der Waals surface area contributed by atoms with Crippen molar-refractivity contribution in [3.05, 3.63) is 24.0 Å². The molecule has 5 heteroatoms. The Morgan fingerprint density at radius 3 is 3.00 bits per heavy atom. The standard InChI is InChI=1S/C14H20N4O/c1-3-17-8-7-11(10-17)9-13-16-15-12-5-4-6-14(19-2)18(12)13/h4-6,11H,3,7-10H2,1-2H3. The average Bonchev–Trinajstić information content (AvgIpc) is 3.06. The third-order valence-corrected chi connectivity index (χ3v) is 3.96. The Morgan fingerprint density at radius 1 is 1.37 bits per heavy atom. The zero-order chi connectivity index (χ0) is 13.2. The third kappa shape index (κ3) is 2.30. The molecule has 19 heavy (non-hydrogen) atoms. The Balaban J connectivity index is 1.85. The van der Waals surface area contributed by atoms with Crippen LogP contribution in [-0.2, 0) is 6.42 Å². The summed E-state index contributed by atoms with van der Waals surface area (Å²) >= 11 is 0. The molecule has 3 rings (SSSR count). The fraction of sp³-hybridized carbons (Fsp3) is 0.571. The minimum Gasteiger partial charge on any atom is -0.482 e. The monoisotopic (exact) mass is 260 g/mol. The molecule has 1 saturated heterocycles. The molecule has 1 atom stereocenters. The quantitative estimate of drug-likeness (QED) is 0.838. The summed E-state index contributed by atoms with van der Waals surface area (Å²) in [6, 6.07) is 5.86. The lowest BCUT2D eigenvalue weighted by Crippen LogP contribution is -2.20. The van der Waals surface area contributed by atoms with Crippen molar-refractivity contribution in [1.82, 2.24) is 19.5 Å². The number of nitrogens with zero attached hydrogens (tertiary/aromatic N) is 4. The molecule has 1 aliphatic heterocycles. The Hall–Kier alpha value is -1.62. The Kier molecular flexibility index (Phi) is 3.38. The second-order valence-electron chi connectivity index (χ2n) is 5.13. The van der Waals surface area contributed by atoms with Crippen LogP contribution >= 0.6 is 0 Å². The van der Waals surface area contributed by atoms with Gasteiger partial charge in [-0.05, 0) is 37.6 Å². The van der Waals surface area contributed by atoms with Gasteiger partial charge in [0.15, 0.2) is 5.65 Å². The van der Waals surface area contributed by atoms with Gasteiger partial charge in [-0.1, -0.05) is 13.0 Å². The van der Waals surface area contributed by atoms with Crippen LogP contribution in [0, 0.1) is 5.92 Å². The minimum absolute atomic E-state index is 0.678. The number of likely N-dealkylation sites (tertiary alicyclic amines) is 1. The molecule has 3 heterocycles. The molecule has 1 unspecified atom stereocenters. The highest BCUT2D eigenvalue weighted by atomic mass is 16.5. The molecule has 0 aromatic carbocycles. The van der Waals surface area contributed by atoms with Crippen LogP contribution in [0.15, 0.2) is 18.2 Å². The van der Waals surface area contributed by atoms with Crippen LogP contribution in [0.5, 0.6) is 5.88 Å². The van der Waals surface area contributed by atoms with E-state index in [0.717, 1.165) is 30.3 Å². The molecule has 0 N–H and O–H groups in total. The number of methoxy groups -OCH3 is 1. The van der Waals surface area contributed by atoms with Crippen LogP contribution in [0.25, 0.3) is 5.65 Å². The number of hydrogen-bond acceptors (Lipinski definition) is 4. The minimum atomic E-state index is 0.678. The average molecular weight is 260 g/mol. The van der Waals surface area contributed by atoms with Gasteiger partial charge in [-0.15, -0.1) is 10.2 Å². The molecule has 0 aliphatic carbocycles. The Labute approximate surface area is 113 Å². The molecule has 0 spiro atoms. The molecular weight excluding hydrogens is 240 g/mol. The van der Waals surface area contributed by atoms with Crippen LogP contribution in [-0.4, -0.2) is 46.2 Å². The van der Waals surface area contributed by atoms with Crippen LogP contribution < -0.4 is 4.74 Å². The number of ether oxygens (including phenoxy) is 1. The highest BCUT2D eigenvalue weighted by molar-refractivity contribution is 5.42. The molecule has 102 valence electrons. The van der Waals surface area contributed by atoms with E-state index in [-0.39, 0.29) is 0 Å². The summed E-state index contributed by atoms with van der Waals surface area (Å²) in [5.74, 6) is 2.50. The number of aromatic nitrogens is 3. The lowest BCUT2D eigenvalue weighted by molar-refractivity contribution is 0.340. The van der Waals surface area contributed by atoms with Gasteiger partial charge in [0.25, 0.3) is 0 Å². The summed E-state index contributed by atoms with van der Waals surface area (Å²) in [4.78, 5) is 2.49. The Bertz CT molecular complexity index is 566. The highest BCUT2D eigenvalue weighted by Gasteiger charge is 2.23. The van der Waals surface area contributed by atoms with Crippen LogP contribution in [0.4, 0.5) is 0 Å². The van der Waals surface area contributed by atoms with Crippen molar-refractivity contribution in [2.45, 2.75) is 19.8 Å². The number of fused-ring (bicyclic) bond motifs is 1. The van der Waals surface area contributed by atoms with E-state index in [9.17, 15) is 0 Å². The van der Waals surface area contributed by atoms with E-state index in [2.05, 4.69) is 22.0 Å². The summed E-state index contributed by atoms with van der Waals surface area (Å²) in [7, 11) is 1.69. The number of hydrogen-bond donors (Lipinski definition) is 0. The maximum absolute atomic E-state index is 5.41. The van der Waals surface area contributed by atoms with Crippen molar-refractivity contribution in [2.75, 3.05) is 26.7 Å². The smallest absolute Gasteiger partial charge is 0.200 e. The van der Waals surface area contributed by atoms with Gasteiger partial charge in [-0.25, -0.2) is 4.40 Å². The first-order chi connectivity index (χ1) is 9.31. The van der Waals surface area contributed by atoms with E-state index in [0.29, 0.717) is 5.92 Å². The molecule has 1 aliphatic rings. The second-order valence-corrected chi connectivity index (χ2v) is 5.13. The zero-order valence-electron chi connectivity index (χ0n) is 11.5. The van der Waals surface area contributed by atoms with E-state index in [1.807, 2.05) is 22.6 Å². The van der Waals surface area contributed by atoms with Crippen molar-refractivity contribution in [2.24, 2.45) is 5.92 Å². The van der Waals surface area contributed by atoms with Gasteiger partial charge in [0.1, 0.15) is 5.82 Å². The van der Waals surface area contributed by atoms with E-state index in [1.54, 1.807) is 7.11 Å². The van der Waals surface area contributed by atoms with Gasteiger partial charge in [0.2, 0.25) is 5.88 Å². The molecule has 0 amide bonds. The summed E-state index contributed by atoms with van der Waals surface area (Å²) in [5, 5.41) is 8.56. The second kappa shape index (κ2) is 5.17. The lowest BCUT2D eigenvalue weighted by Gasteiger charge is -2.12. The summed E-state index contributed by atoms with van der Waals surface area (Å²) in [6.07, 6.45) is 2.22. The lowest BCUT2D eigenvalue weighted by atomic mass is 10.0. The normalized spacial score (nSPS) is 20.2. The van der Waals surface area contributed by atoms with Crippen LogP contribution in [0.1, 0.15) is 19.2 Å². The molecule has 5 nitrogen and oxygen atoms in total. The van der Waals surface area contributed by atoms with Gasteiger partial charge >= 0.3 is 0 Å². The predicted molar refractivity (Wildman–Crippen MR) is 73.5 cm³/mol. The van der Waals surface area contributed by atoms with Gasteiger partial charge < -0.3 is 9.64 Å². The molecule has 1 fully saturated rings. The summed E-state index contributed by atoms with van der Waals surface area (Å²) < 4.78 is 7.43. The van der Waals surface area contributed by atoms with Crippen molar-refractivity contribution in [3.8, 4) is 5.88 Å². The Morgan fingerprint density at radius 2 is 2.26 bits per heavy atom. The highest BCUT2D eigenvalue weighted by Crippen LogP contribution is 2.22. The van der Waals surface area contributed by atoms with Crippen molar-refractivity contribution in [3.63, 3.8) is 0 Å². The molecule has 0 saturated carbocycles. The van der Waals surface area contributed by atoms with Gasteiger partial charge in [0, 0.05) is 13.0 Å². The van der Waals surface area contributed by atoms with E-state index in [4.69, 9.17) is 4.74 Å². The van der Waals surface area contributed by atoms with Gasteiger partial charge in [-0.3, -0.25) is 0 Å². The van der Waals surface area contributed by atoms with Gasteiger partial charge in [-0.2, -0.15) is 0 Å². The zero-order valence-corrected chi connectivity index (χ0v) is 11.5. The predicted octanol–water partition coefficient (Wildman–Crippen LogP) is 1.62. The van der Waals surface area contributed by atoms with Crippen molar-refractivity contribution < 1.29 is 4.74 Å². The van der Waals surface area contributed by atoms with Gasteiger partial charge in [0.05, 0.1) is 7.11 Å². The maximum Gasteiger partial charge on any atom is 0.200 e. The van der Waals surface area contributed by atoms with E-state index >= 15 is 0 Å². The maximum atomic E-state index is 5.41. The first kappa shape index (κ1) is 12.4. The first-order valence-corrected chi connectivity index (χ1v) is 6.91. The molecule has 2 aromatic rings. The third-order valence-electron chi connectivity index (χ3n) is 3.96. The number of rotatable bonds is 4. The molecular formula is C14H20N4O. The van der Waals surface area contributed by atoms with Crippen molar-refractivity contribution >= 4 is 5.65 Å². The van der Waals surface area contributed by atoms with Crippen LogP contribution in [0.3, 0.4) is 0 Å². The van der Waals surface area contributed by atoms with Crippen LogP contribution in [0.2, 0.25) is 0 Å². The largest absolute Gasteiger partial charge is 0.482 e. The fourth-order valence-electron chi connectivity index (χ4n) is 2.89. The van der Waals surface area contributed by atoms with E-state index < -0.39 is 0 Å². The van der Waals surface area contributed by atoms with Crippen molar-refractivity contribution in [1.29, 1.82) is 0 Å². The summed E-state index contributed by atoms with van der Waals surface area (Å²) in [5.41, 5.74) is 0.861. The summed E-state index contributed by atoms with van der Waals surface area (Å²) in [6.45, 7) is 5.73. The fourth-order valence-corrected chi connectivity index (χ4v) is 2.89. The number of pyridine rings is 1. The topological polar surface area (TPSA) is 42.7 Å². The van der Waals surface area contributed by atoms with E-state index in [1.165, 1.54) is 19.5 Å².